The summed E-state index contributed by atoms with van der Waals surface area (Å²) in [6.07, 6.45) is 4.30. The molecular weight excluding hydrogens is 330 g/mol. The van der Waals surface area contributed by atoms with Crippen molar-refractivity contribution >= 4 is 26.8 Å². The van der Waals surface area contributed by atoms with E-state index in [0.717, 1.165) is 19.3 Å². The van der Waals surface area contributed by atoms with Gasteiger partial charge in [-0.25, -0.2) is 13.0 Å². The molecule has 1 aliphatic carbocycles. The molecular formula is C16H21N3O4S. The molecule has 130 valence electrons. The third kappa shape index (κ3) is 3.58. The van der Waals surface area contributed by atoms with Crippen LogP contribution in [-0.2, 0) is 14.6 Å². The average Bonchev–Trinajstić information content (AvgIpc) is 3.03. The normalized spacial score (nSPS) is 21.7. The summed E-state index contributed by atoms with van der Waals surface area (Å²) in [5, 5.41) is 10.3. The molecule has 3 rings (SSSR count). The molecule has 8 heteroatoms. The van der Waals surface area contributed by atoms with Crippen molar-refractivity contribution < 1.29 is 17.8 Å². The van der Waals surface area contributed by atoms with Gasteiger partial charge in [0.2, 0.25) is 5.91 Å². The van der Waals surface area contributed by atoms with Crippen LogP contribution in [0, 0.1) is 5.92 Å². The van der Waals surface area contributed by atoms with Gasteiger partial charge >= 0.3 is 0 Å². The van der Waals surface area contributed by atoms with Crippen molar-refractivity contribution in [3.05, 3.63) is 18.2 Å². The first kappa shape index (κ1) is 16.9. The first-order valence-corrected chi connectivity index (χ1v) is 9.86. The molecule has 1 aromatic heterocycles. The SMILES string of the molecule is C[C@H]1CCCC[C@@H]1NC(=O)CCS(=O)(=O)c1cccc2nonc12. The Labute approximate surface area is 140 Å². The molecule has 0 saturated heterocycles. The van der Waals surface area contributed by atoms with E-state index in [9.17, 15) is 13.2 Å². The number of benzene rings is 1. The van der Waals surface area contributed by atoms with Crippen LogP contribution in [0.15, 0.2) is 27.7 Å². The van der Waals surface area contributed by atoms with Gasteiger partial charge in [0.15, 0.2) is 15.4 Å². The maximum Gasteiger partial charge on any atom is 0.221 e. The number of aromatic nitrogens is 2. The van der Waals surface area contributed by atoms with Crippen LogP contribution < -0.4 is 5.32 Å². The predicted molar refractivity (Wildman–Crippen MR) is 88.0 cm³/mol. The number of hydrogen-bond donors (Lipinski definition) is 1. The maximum atomic E-state index is 12.5. The van der Waals surface area contributed by atoms with Gasteiger partial charge in [-0.05, 0) is 41.2 Å². The van der Waals surface area contributed by atoms with Crippen LogP contribution in [0.25, 0.3) is 11.0 Å². The zero-order valence-corrected chi connectivity index (χ0v) is 14.4. The number of rotatable bonds is 5. The van der Waals surface area contributed by atoms with Crippen LogP contribution >= 0.6 is 0 Å². The molecule has 2 aromatic rings. The third-order valence-corrected chi connectivity index (χ3v) is 6.38. The standard InChI is InChI=1S/C16H21N3O4S/c1-11-5-2-3-6-12(11)17-15(20)9-10-24(21,22)14-8-4-7-13-16(14)19-23-18-13/h4,7-8,11-12H,2-3,5-6,9-10H2,1H3,(H,17,20)/t11-,12-/m0/s1. The lowest BCUT2D eigenvalue weighted by Crippen LogP contribution is -2.41. The molecule has 1 fully saturated rings. The highest BCUT2D eigenvalue weighted by atomic mass is 32.2. The number of amides is 1. The van der Waals surface area contributed by atoms with E-state index in [2.05, 4.69) is 27.2 Å². The van der Waals surface area contributed by atoms with E-state index < -0.39 is 9.84 Å². The van der Waals surface area contributed by atoms with Crippen molar-refractivity contribution in [2.75, 3.05) is 5.75 Å². The Kier molecular flexibility index (Phi) is 4.84. The van der Waals surface area contributed by atoms with E-state index in [1.54, 1.807) is 12.1 Å². The topological polar surface area (TPSA) is 102 Å². The summed E-state index contributed by atoms with van der Waals surface area (Å²) in [5.41, 5.74) is 0.593. The third-order valence-electron chi connectivity index (χ3n) is 4.64. The van der Waals surface area contributed by atoms with Crippen molar-refractivity contribution in [1.82, 2.24) is 15.6 Å². The summed E-state index contributed by atoms with van der Waals surface area (Å²) in [5.74, 6) is -0.0385. The molecule has 0 unspecified atom stereocenters. The van der Waals surface area contributed by atoms with E-state index in [1.165, 1.54) is 12.5 Å². The molecule has 0 aliphatic heterocycles. The Hall–Kier alpha value is -1.96. The molecule has 1 aliphatic rings. The van der Waals surface area contributed by atoms with Gasteiger partial charge in [-0.15, -0.1) is 0 Å². The quantitative estimate of drug-likeness (QED) is 0.885. The van der Waals surface area contributed by atoms with Gasteiger partial charge in [0.25, 0.3) is 0 Å². The lowest BCUT2D eigenvalue weighted by atomic mass is 9.86. The highest BCUT2D eigenvalue weighted by molar-refractivity contribution is 7.91. The smallest absolute Gasteiger partial charge is 0.221 e. The summed E-state index contributed by atoms with van der Waals surface area (Å²) in [6, 6.07) is 4.82. The van der Waals surface area contributed by atoms with Crippen molar-refractivity contribution in [2.24, 2.45) is 5.92 Å². The van der Waals surface area contributed by atoms with Crippen molar-refractivity contribution in [1.29, 1.82) is 0 Å². The monoisotopic (exact) mass is 351 g/mol. The molecule has 24 heavy (non-hydrogen) atoms. The van der Waals surface area contributed by atoms with Crippen LogP contribution in [-0.4, -0.2) is 36.4 Å². The van der Waals surface area contributed by atoms with E-state index >= 15 is 0 Å². The summed E-state index contributed by atoms with van der Waals surface area (Å²) < 4.78 is 29.6. The minimum atomic E-state index is -3.63. The molecule has 0 spiro atoms. The number of carbonyl (C=O) groups excluding carboxylic acids is 1. The van der Waals surface area contributed by atoms with Crippen LogP contribution in [0.4, 0.5) is 0 Å². The van der Waals surface area contributed by atoms with Crippen LogP contribution in [0.5, 0.6) is 0 Å². The number of sulfone groups is 1. The molecule has 1 saturated carbocycles. The number of nitrogens with zero attached hydrogens (tertiary/aromatic N) is 2. The molecule has 0 radical (unpaired) electrons. The average molecular weight is 351 g/mol. The van der Waals surface area contributed by atoms with Crippen molar-refractivity contribution in [2.45, 2.75) is 50.0 Å². The molecule has 1 heterocycles. The van der Waals surface area contributed by atoms with Gasteiger partial charge in [-0.1, -0.05) is 25.8 Å². The Morgan fingerprint density at radius 1 is 1.29 bits per heavy atom. The molecule has 7 nitrogen and oxygen atoms in total. The van der Waals surface area contributed by atoms with E-state index in [0.29, 0.717) is 11.4 Å². The zero-order chi connectivity index (χ0) is 17.2. The van der Waals surface area contributed by atoms with Gasteiger partial charge < -0.3 is 5.32 Å². The van der Waals surface area contributed by atoms with Gasteiger partial charge in [-0.2, -0.15) is 0 Å². The summed E-state index contributed by atoms with van der Waals surface area (Å²) >= 11 is 0. The molecule has 1 amide bonds. The van der Waals surface area contributed by atoms with Gasteiger partial charge in [0.05, 0.1) is 10.6 Å². The fraction of sp³-hybridized carbons (Fsp3) is 0.562. The highest BCUT2D eigenvalue weighted by Crippen LogP contribution is 2.24. The van der Waals surface area contributed by atoms with Crippen molar-refractivity contribution in [3.63, 3.8) is 0 Å². The first-order chi connectivity index (χ1) is 11.5. The molecule has 0 bridgehead atoms. The van der Waals surface area contributed by atoms with Crippen LogP contribution in [0.1, 0.15) is 39.0 Å². The Morgan fingerprint density at radius 2 is 2.08 bits per heavy atom. The lowest BCUT2D eigenvalue weighted by Gasteiger charge is -2.29. The van der Waals surface area contributed by atoms with Gasteiger partial charge in [-0.3, -0.25) is 4.79 Å². The first-order valence-electron chi connectivity index (χ1n) is 8.21. The van der Waals surface area contributed by atoms with Gasteiger partial charge in [0.1, 0.15) is 5.52 Å². The maximum absolute atomic E-state index is 12.5. The van der Waals surface area contributed by atoms with E-state index in [1.807, 2.05) is 0 Å². The van der Waals surface area contributed by atoms with E-state index in [4.69, 9.17) is 0 Å². The Bertz CT molecular complexity index is 831. The summed E-state index contributed by atoms with van der Waals surface area (Å²) in [4.78, 5) is 12.2. The minimum Gasteiger partial charge on any atom is -0.353 e. The summed E-state index contributed by atoms with van der Waals surface area (Å²) in [7, 11) is -3.63. The largest absolute Gasteiger partial charge is 0.353 e. The number of carbonyl (C=O) groups is 1. The second kappa shape index (κ2) is 6.88. The molecule has 1 N–H and O–H groups in total. The van der Waals surface area contributed by atoms with Crippen LogP contribution in [0.3, 0.4) is 0 Å². The number of nitrogens with one attached hydrogen (secondary N) is 1. The fourth-order valence-corrected chi connectivity index (χ4v) is 4.58. The Morgan fingerprint density at radius 3 is 2.88 bits per heavy atom. The fourth-order valence-electron chi connectivity index (χ4n) is 3.18. The Balaban J connectivity index is 1.65. The van der Waals surface area contributed by atoms with Crippen molar-refractivity contribution in [3.8, 4) is 0 Å². The molecule has 1 aromatic carbocycles. The predicted octanol–water partition coefficient (Wildman–Crippen LogP) is 2.08. The summed E-state index contributed by atoms with van der Waals surface area (Å²) in [6.45, 7) is 2.12. The zero-order valence-electron chi connectivity index (χ0n) is 13.6. The minimum absolute atomic E-state index is 0.0556. The second-order valence-corrected chi connectivity index (χ2v) is 8.47. The number of fused-ring (bicyclic) bond motifs is 1. The lowest BCUT2D eigenvalue weighted by molar-refractivity contribution is -0.122. The van der Waals surface area contributed by atoms with E-state index in [-0.39, 0.29) is 34.5 Å². The van der Waals surface area contributed by atoms with Crippen LogP contribution in [0.2, 0.25) is 0 Å². The second-order valence-electron chi connectivity index (χ2n) is 6.39. The highest BCUT2D eigenvalue weighted by Gasteiger charge is 2.25. The molecule has 2 atom stereocenters. The van der Waals surface area contributed by atoms with Gasteiger partial charge in [0, 0.05) is 12.5 Å². The number of hydrogen-bond acceptors (Lipinski definition) is 6.